The van der Waals surface area contributed by atoms with Crippen LogP contribution in [0.3, 0.4) is 0 Å². The lowest BCUT2D eigenvalue weighted by atomic mass is 9.83. The molecule has 0 bridgehead atoms. The van der Waals surface area contributed by atoms with Crippen molar-refractivity contribution in [3.8, 4) is 0 Å². The van der Waals surface area contributed by atoms with Gasteiger partial charge in [-0.2, -0.15) is 0 Å². The van der Waals surface area contributed by atoms with E-state index in [0.717, 1.165) is 6.54 Å². The third kappa shape index (κ3) is 3.02. The van der Waals surface area contributed by atoms with Gasteiger partial charge in [0, 0.05) is 24.3 Å². The van der Waals surface area contributed by atoms with Crippen LogP contribution in [-0.4, -0.2) is 6.54 Å². The van der Waals surface area contributed by atoms with Gasteiger partial charge in [0.05, 0.1) is 0 Å². The van der Waals surface area contributed by atoms with Crippen molar-refractivity contribution in [2.24, 2.45) is 5.41 Å². The highest BCUT2D eigenvalue weighted by atomic mass is 19.1. The fourth-order valence-electron chi connectivity index (χ4n) is 2.95. The SMILES string of the molecule is CCC1(CNCc2ccc(N)cc2F)CCCC1. The molecule has 1 aliphatic carbocycles. The monoisotopic (exact) mass is 250 g/mol. The van der Waals surface area contributed by atoms with Crippen LogP contribution in [0, 0.1) is 11.2 Å². The zero-order valence-corrected chi connectivity index (χ0v) is 11.1. The second kappa shape index (κ2) is 5.70. The van der Waals surface area contributed by atoms with Crippen LogP contribution < -0.4 is 11.1 Å². The Morgan fingerprint density at radius 2 is 2.06 bits per heavy atom. The third-order valence-electron chi connectivity index (χ3n) is 4.31. The normalized spacial score (nSPS) is 18.1. The van der Waals surface area contributed by atoms with Crippen LogP contribution in [0.15, 0.2) is 18.2 Å². The first-order valence-electron chi connectivity index (χ1n) is 6.90. The highest BCUT2D eigenvalue weighted by Crippen LogP contribution is 2.40. The number of nitrogens with one attached hydrogen (secondary N) is 1. The zero-order valence-electron chi connectivity index (χ0n) is 11.1. The lowest BCUT2D eigenvalue weighted by Gasteiger charge is -2.27. The van der Waals surface area contributed by atoms with Gasteiger partial charge < -0.3 is 11.1 Å². The van der Waals surface area contributed by atoms with Gasteiger partial charge in [-0.15, -0.1) is 0 Å². The van der Waals surface area contributed by atoms with Gasteiger partial charge in [0.1, 0.15) is 5.82 Å². The van der Waals surface area contributed by atoms with Crippen LogP contribution in [0.1, 0.15) is 44.6 Å². The van der Waals surface area contributed by atoms with Crippen molar-refractivity contribution in [1.82, 2.24) is 5.32 Å². The summed E-state index contributed by atoms with van der Waals surface area (Å²) in [6, 6.07) is 4.92. The Kier molecular flexibility index (Phi) is 4.23. The van der Waals surface area contributed by atoms with Crippen molar-refractivity contribution in [1.29, 1.82) is 0 Å². The molecule has 100 valence electrons. The largest absolute Gasteiger partial charge is 0.399 e. The summed E-state index contributed by atoms with van der Waals surface area (Å²) in [6.45, 7) is 3.85. The third-order valence-corrected chi connectivity index (χ3v) is 4.31. The van der Waals surface area contributed by atoms with Crippen molar-refractivity contribution in [3.63, 3.8) is 0 Å². The van der Waals surface area contributed by atoms with Crippen molar-refractivity contribution >= 4 is 5.69 Å². The second-order valence-electron chi connectivity index (χ2n) is 5.52. The minimum atomic E-state index is -0.209. The molecular formula is C15H23FN2. The number of benzene rings is 1. The average Bonchev–Trinajstić information content (AvgIpc) is 2.81. The second-order valence-corrected chi connectivity index (χ2v) is 5.52. The molecule has 1 aliphatic rings. The molecule has 0 aromatic heterocycles. The molecule has 18 heavy (non-hydrogen) atoms. The predicted molar refractivity (Wildman–Crippen MR) is 73.7 cm³/mol. The summed E-state index contributed by atoms with van der Waals surface area (Å²) >= 11 is 0. The summed E-state index contributed by atoms with van der Waals surface area (Å²) in [5, 5.41) is 3.41. The summed E-state index contributed by atoms with van der Waals surface area (Å²) in [5.41, 5.74) is 7.17. The molecule has 3 N–H and O–H groups in total. The Bertz CT molecular complexity index is 397. The molecule has 1 fully saturated rings. The van der Waals surface area contributed by atoms with Crippen LogP contribution in [0.25, 0.3) is 0 Å². The lowest BCUT2D eigenvalue weighted by molar-refractivity contribution is 0.267. The topological polar surface area (TPSA) is 38.0 Å². The minimum Gasteiger partial charge on any atom is -0.399 e. The van der Waals surface area contributed by atoms with Gasteiger partial charge in [-0.05, 0) is 36.8 Å². The number of rotatable bonds is 5. The van der Waals surface area contributed by atoms with E-state index < -0.39 is 0 Å². The van der Waals surface area contributed by atoms with Crippen LogP contribution in [-0.2, 0) is 6.54 Å². The molecule has 1 saturated carbocycles. The van der Waals surface area contributed by atoms with Gasteiger partial charge in [0.2, 0.25) is 0 Å². The first kappa shape index (κ1) is 13.3. The lowest BCUT2D eigenvalue weighted by Crippen LogP contribution is -2.31. The summed E-state index contributed by atoms with van der Waals surface area (Å²) < 4.78 is 13.6. The molecule has 1 aromatic rings. The van der Waals surface area contributed by atoms with Crippen LogP contribution in [0.4, 0.5) is 10.1 Å². The number of hydrogen-bond acceptors (Lipinski definition) is 2. The standard InChI is InChI=1S/C15H23FN2/c1-2-15(7-3-4-8-15)11-18-10-12-5-6-13(17)9-14(12)16/h5-6,9,18H,2-4,7-8,10-11,17H2,1H3. The van der Waals surface area contributed by atoms with Gasteiger partial charge >= 0.3 is 0 Å². The molecule has 3 heteroatoms. The molecule has 0 heterocycles. The minimum absolute atomic E-state index is 0.209. The van der Waals surface area contributed by atoms with Gasteiger partial charge in [-0.25, -0.2) is 4.39 Å². The highest BCUT2D eigenvalue weighted by Gasteiger charge is 2.31. The number of hydrogen-bond donors (Lipinski definition) is 2. The van der Waals surface area contributed by atoms with E-state index in [1.165, 1.54) is 38.2 Å². The van der Waals surface area contributed by atoms with Crippen LogP contribution in [0.5, 0.6) is 0 Å². The fourth-order valence-corrected chi connectivity index (χ4v) is 2.95. The summed E-state index contributed by atoms with van der Waals surface area (Å²) in [4.78, 5) is 0. The van der Waals surface area contributed by atoms with E-state index in [4.69, 9.17) is 5.73 Å². The van der Waals surface area contributed by atoms with Crippen LogP contribution in [0.2, 0.25) is 0 Å². The fraction of sp³-hybridized carbons (Fsp3) is 0.600. The molecular weight excluding hydrogens is 227 g/mol. The molecule has 0 saturated heterocycles. The number of halogens is 1. The quantitative estimate of drug-likeness (QED) is 0.785. The Hall–Kier alpha value is -1.09. The summed E-state index contributed by atoms with van der Waals surface area (Å²) in [5.74, 6) is -0.209. The Balaban J connectivity index is 1.88. The molecule has 0 radical (unpaired) electrons. The maximum Gasteiger partial charge on any atom is 0.129 e. The van der Waals surface area contributed by atoms with E-state index >= 15 is 0 Å². The molecule has 1 aromatic carbocycles. The first-order chi connectivity index (χ1) is 8.65. The summed E-state index contributed by atoms with van der Waals surface area (Å²) in [6.07, 6.45) is 6.50. The van der Waals surface area contributed by atoms with E-state index in [1.807, 2.05) is 0 Å². The number of nitrogens with two attached hydrogens (primary N) is 1. The molecule has 2 rings (SSSR count). The molecule has 0 amide bonds. The van der Waals surface area contributed by atoms with Gasteiger partial charge in [-0.1, -0.05) is 25.8 Å². The molecule has 2 nitrogen and oxygen atoms in total. The summed E-state index contributed by atoms with van der Waals surface area (Å²) in [7, 11) is 0. The Morgan fingerprint density at radius 3 is 2.67 bits per heavy atom. The van der Waals surface area contributed by atoms with Crippen molar-refractivity contribution in [2.75, 3.05) is 12.3 Å². The van der Waals surface area contributed by atoms with Crippen molar-refractivity contribution in [3.05, 3.63) is 29.6 Å². The zero-order chi connectivity index (χ0) is 13.0. The van der Waals surface area contributed by atoms with E-state index in [-0.39, 0.29) is 5.82 Å². The van der Waals surface area contributed by atoms with Gasteiger partial charge in [0.25, 0.3) is 0 Å². The van der Waals surface area contributed by atoms with Crippen molar-refractivity contribution in [2.45, 2.75) is 45.6 Å². The predicted octanol–water partition coefficient (Wildman–Crippen LogP) is 3.47. The van der Waals surface area contributed by atoms with E-state index in [1.54, 1.807) is 12.1 Å². The highest BCUT2D eigenvalue weighted by molar-refractivity contribution is 5.40. The van der Waals surface area contributed by atoms with E-state index in [2.05, 4.69) is 12.2 Å². The van der Waals surface area contributed by atoms with E-state index in [0.29, 0.717) is 23.2 Å². The van der Waals surface area contributed by atoms with Gasteiger partial charge in [-0.3, -0.25) is 0 Å². The maximum atomic E-state index is 13.6. The smallest absolute Gasteiger partial charge is 0.129 e. The molecule has 0 spiro atoms. The molecule has 0 aliphatic heterocycles. The molecule has 0 atom stereocenters. The number of nitrogen functional groups attached to an aromatic ring is 1. The molecule has 0 unspecified atom stereocenters. The Labute approximate surface area is 109 Å². The number of anilines is 1. The van der Waals surface area contributed by atoms with E-state index in [9.17, 15) is 4.39 Å². The Morgan fingerprint density at radius 1 is 1.33 bits per heavy atom. The maximum absolute atomic E-state index is 13.6. The van der Waals surface area contributed by atoms with Gasteiger partial charge in [0.15, 0.2) is 0 Å². The van der Waals surface area contributed by atoms with Crippen LogP contribution >= 0.6 is 0 Å². The average molecular weight is 250 g/mol. The first-order valence-corrected chi connectivity index (χ1v) is 6.90. The van der Waals surface area contributed by atoms with Crippen molar-refractivity contribution < 1.29 is 4.39 Å².